The van der Waals surface area contributed by atoms with E-state index in [-0.39, 0.29) is 12.5 Å². The number of hydrogen-bond donors (Lipinski definition) is 1. The SMILES string of the molecule is Cc1cc(CO)oc1C(=O)N1CC2CCCCN2c2ccccc21. The number of nitrogens with zero attached hydrogens (tertiary/aromatic N) is 2. The van der Waals surface area contributed by atoms with Gasteiger partial charge < -0.3 is 19.3 Å². The van der Waals surface area contributed by atoms with E-state index in [1.165, 1.54) is 12.8 Å². The molecule has 1 unspecified atom stereocenters. The molecule has 1 fully saturated rings. The van der Waals surface area contributed by atoms with Crippen molar-refractivity contribution in [3.8, 4) is 0 Å². The number of para-hydroxylation sites is 2. The van der Waals surface area contributed by atoms with Gasteiger partial charge in [-0.2, -0.15) is 0 Å². The van der Waals surface area contributed by atoms with Crippen molar-refractivity contribution < 1.29 is 14.3 Å². The summed E-state index contributed by atoms with van der Waals surface area (Å²) in [6, 6.07) is 10.2. The lowest BCUT2D eigenvalue weighted by Crippen LogP contribution is -2.53. The second-order valence-electron chi connectivity index (χ2n) is 6.63. The summed E-state index contributed by atoms with van der Waals surface area (Å²) in [7, 11) is 0. The van der Waals surface area contributed by atoms with Crippen LogP contribution in [0.15, 0.2) is 34.7 Å². The molecular weight excluding hydrogens is 304 g/mol. The van der Waals surface area contributed by atoms with E-state index < -0.39 is 0 Å². The molecule has 0 bridgehead atoms. The maximum atomic E-state index is 13.1. The number of piperidine rings is 1. The predicted molar refractivity (Wildman–Crippen MR) is 92.5 cm³/mol. The normalized spacial score (nSPS) is 19.8. The summed E-state index contributed by atoms with van der Waals surface area (Å²) in [4.78, 5) is 17.4. The summed E-state index contributed by atoms with van der Waals surface area (Å²) in [6.07, 6.45) is 3.52. The van der Waals surface area contributed by atoms with E-state index in [2.05, 4.69) is 11.0 Å². The monoisotopic (exact) mass is 326 g/mol. The van der Waals surface area contributed by atoms with Gasteiger partial charge in [0.25, 0.3) is 5.91 Å². The molecule has 0 radical (unpaired) electrons. The summed E-state index contributed by atoms with van der Waals surface area (Å²) >= 11 is 0. The Labute approximate surface area is 141 Å². The Bertz CT molecular complexity index is 768. The van der Waals surface area contributed by atoms with Crippen LogP contribution in [0.3, 0.4) is 0 Å². The number of aliphatic hydroxyl groups excluding tert-OH is 1. The molecule has 2 aromatic rings. The molecule has 0 saturated carbocycles. The van der Waals surface area contributed by atoms with Crippen LogP contribution in [0.5, 0.6) is 0 Å². The Morgan fingerprint density at radius 2 is 2.08 bits per heavy atom. The fraction of sp³-hybridized carbons (Fsp3) is 0.421. The molecule has 1 aromatic heterocycles. The molecule has 4 rings (SSSR count). The smallest absolute Gasteiger partial charge is 0.294 e. The van der Waals surface area contributed by atoms with Crippen molar-refractivity contribution in [1.29, 1.82) is 0 Å². The van der Waals surface area contributed by atoms with Crippen molar-refractivity contribution >= 4 is 17.3 Å². The third-order valence-corrected chi connectivity index (χ3v) is 5.07. The second-order valence-corrected chi connectivity index (χ2v) is 6.63. The number of rotatable bonds is 2. The molecule has 0 spiro atoms. The number of carbonyl (C=O) groups excluding carboxylic acids is 1. The first-order valence-corrected chi connectivity index (χ1v) is 8.56. The minimum absolute atomic E-state index is 0.120. The van der Waals surface area contributed by atoms with Crippen LogP contribution in [0, 0.1) is 6.92 Å². The standard InChI is InChI=1S/C19H22N2O3/c1-13-10-15(12-22)24-18(13)19(23)21-11-14-6-4-5-9-20(14)16-7-2-3-8-17(16)21/h2-3,7-8,10,14,22H,4-6,9,11-12H2,1H3. The van der Waals surface area contributed by atoms with Gasteiger partial charge in [-0.3, -0.25) is 4.79 Å². The van der Waals surface area contributed by atoms with Crippen LogP contribution in [0.4, 0.5) is 11.4 Å². The van der Waals surface area contributed by atoms with Crippen LogP contribution in [0.2, 0.25) is 0 Å². The van der Waals surface area contributed by atoms with E-state index in [4.69, 9.17) is 4.42 Å². The summed E-state index contributed by atoms with van der Waals surface area (Å²) in [5, 5.41) is 9.25. The molecule has 1 aromatic carbocycles. The number of fused-ring (bicyclic) bond motifs is 3. The second kappa shape index (κ2) is 5.98. The minimum Gasteiger partial charge on any atom is -0.453 e. The Hall–Kier alpha value is -2.27. The van der Waals surface area contributed by atoms with Gasteiger partial charge in [0.05, 0.1) is 11.4 Å². The number of hydrogen-bond acceptors (Lipinski definition) is 4. The molecule has 2 aliphatic heterocycles. The van der Waals surface area contributed by atoms with Crippen molar-refractivity contribution in [2.75, 3.05) is 22.9 Å². The Morgan fingerprint density at radius 1 is 1.29 bits per heavy atom. The molecule has 0 aliphatic carbocycles. The van der Waals surface area contributed by atoms with Gasteiger partial charge in [-0.25, -0.2) is 0 Å². The van der Waals surface area contributed by atoms with E-state index >= 15 is 0 Å². The molecule has 2 aliphatic rings. The predicted octanol–water partition coefficient (Wildman–Crippen LogP) is 3.10. The van der Waals surface area contributed by atoms with Crippen LogP contribution in [0.1, 0.15) is 41.1 Å². The van der Waals surface area contributed by atoms with Crippen molar-refractivity contribution in [2.24, 2.45) is 0 Å². The number of aryl methyl sites for hydroxylation is 1. The van der Waals surface area contributed by atoms with E-state index in [1.54, 1.807) is 6.07 Å². The Balaban J connectivity index is 1.74. The highest BCUT2D eigenvalue weighted by Gasteiger charge is 2.36. The molecule has 24 heavy (non-hydrogen) atoms. The molecule has 5 heteroatoms. The highest BCUT2D eigenvalue weighted by atomic mass is 16.4. The summed E-state index contributed by atoms with van der Waals surface area (Å²) in [5.74, 6) is 0.642. The number of benzene rings is 1. The largest absolute Gasteiger partial charge is 0.453 e. The third-order valence-electron chi connectivity index (χ3n) is 5.07. The molecule has 3 heterocycles. The van der Waals surface area contributed by atoms with Crippen LogP contribution in [-0.4, -0.2) is 30.1 Å². The van der Waals surface area contributed by atoms with Crippen LogP contribution >= 0.6 is 0 Å². The quantitative estimate of drug-likeness (QED) is 0.921. The van der Waals surface area contributed by atoms with E-state index in [0.29, 0.717) is 24.1 Å². The van der Waals surface area contributed by atoms with Gasteiger partial charge in [-0.05, 0) is 44.4 Å². The van der Waals surface area contributed by atoms with Crippen molar-refractivity contribution in [1.82, 2.24) is 0 Å². The van der Waals surface area contributed by atoms with Crippen molar-refractivity contribution in [2.45, 2.75) is 38.8 Å². The van der Waals surface area contributed by atoms with Gasteiger partial charge in [0.15, 0.2) is 5.76 Å². The maximum Gasteiger partial charge on any atom is 0.294 e. The summed E-state index contributed by atoms with van der Waals surface area (Å²) < 4.78 is 5.57. The Morgan fingerprint density at radius 3 is 2.83 bits per heavy atom. The highest BCUT2D eigenvalue weighted by Crippen LogP contribution is 2.39. The number of aliphatic hydroxyl groups is 1. The zero-order valence-corrected chi connectivity index (χ0v) is 13.9. The van der Waals surface area contributed by atoms with Gasteiger partial charge in [0.2, 0.25) is 0 Å². The summed E-state index contributed by atoms with van der Waals surface area (Å²) in [5.41, 5.74) is 2.85. The van der Waals surface area contributed by atoms with Gasteiger partial charge in [-0.1, -0.05) is 12.1 Å². The van der Waals surface area contributed by atoms with Crippen LogP contribution in [0.25, 0.3) is 0 Å². The fourth-order valence-electron chi connectivity index (χ4n) is 3.91. The first-order chi connectivity index (χ1) is 11.7. The number of furan rings is 1. The average molecular weight is 326 g/mol. The first kappa shape index (κ1) is 15.3. The summed E-state index contributed by atoms with van der Waals surface area (Å²) in [6.45, 7) is 3.39. The highest BCUT2D eigenvalue weighted by molar-refractivity contribution is 6.07. The van der Waals surface area contributed by atoms with Gasteiger partial charge in [0, 0.05) is 24.7 Å². The van der Waals surface area contributed by atoms with E-state index in [0.717, 1.165) is 29.9 Å². The molecule has 1 saturated heterocycles. The van der Waals surface area contributed by atoms with E-state index in [1.807, 2.05) is 30.0 Å². The zero-order valence-electron chi connectivity index (χ0n) is 13.9. The third kappa shape index (κ3) is 2.40. The van der Waals surface area contributed by atoms with Crippen LogP contribution < -0.4 is 9.80 Å². The molecule has 1 N–H and O–H groups in total. The number of anilines is 2. The molecular formula is C19H22N2O3. The zero-order chi connectivity index (χ0) is 16.7. The number of amides is 1. The molecule has 1 amide bonds. The minimum atomic E-state index is -0.193. The van der Waals surface area contributed by atoms with E-state index in [9.17, 15) is 9.90 Å². The molecule has 1 atom stereocenters. The van der Waals surface area contributed by atoms with Gasteiger partial charge in [-0.15, -0.1) is 0 Å². The van der Waals surface area contributed by atoms with Gasteiger partial charge in [0.1, 0.15) is 12.4 Å². The maximum absolute atomic E-state index is 13.1. The van der Waals surface area contributed by atoms with Crippen molar-refractivity contribution in [3.63, 3.8) is 0 Å². The molecule has 126 valence electrons. The first-order valence-electron chi connectivity index (χ1n) is 8.56. The van der Waals surface area contributed by atoms with Crippen molar-refractivity contribution in [3.05, 3.63) is 47.4 Å². The van der Waals surface area contributed by atoms with Crippen LogP contribution in [-0.2, 0) is 6.61 Å². The lowest BCUT2D eigenvalue weighted by molar-refractivity contribution is 0.0950. The molecule has 5 nitrogen and oxygen atoms in total. The lowest BCUT2D eigenvalue weighted by Gasteiger charge is -2.46. The average Bonchev–Trinajstić information content (AvgIpc) is 3.01. The topological polar surface area (TPSA) is 56.9 Å². The fourth-order valence-corrected chi connectivity index (χ4v) is 3.91. The number of carbonyl (C=O) groups is 1. The Kier molecular flexibility index (Phi) is 3.81. The van der Waals surface area contributed by atoms with Gasteiger partial charge >= 0.3 is 0 Å². The lowest BCUT2D eigenvalue weighted by atomic mass is 9.96.